The van der Waals surface area contributed by atoms with Gasteiger partial charge in [-0.3, -0.25) is 0 Å². The molecule has 25 heavy (non-hydrogen) atoms. The molecule has 3 rings (SSSR count). The van der Waals surface area contributed by atoms with E-state index in [9.17, 15) is 13.6 Å². The molecule has 1 fully saturated rings. The summed E-state index contributed by atoms with van der Waals surface area (Å²) in [4.78, 5) is 20.6. The molecule has 0 bridgehead atoms. The minimum Gasteiger partial charge on any atom is -0.353 e. The number of pyridine rings is 1. The van der Waals surface area contributed by atoms with Crippen LogP contribution in [0, 0.1) is 11.6 Å². The number of carbonyl (C=O) groups excluding carboxylic acids is 1. The third-order valence-electron chi connectivity index (χ3n) is 4.32. The van der Waals surface area contributed by atoms with Crippen LogP contribution in [0.3, 0.4) is 0 Å². The number of anilines is 1. The number of hydrogen-bond acceptors (Lipinski definition) is 3. The summed E-state index contributed by atoms with van der Waals surface area (Å²) in [6.07, 6.45) is 1.75. The first-order valence-electron chi connectivity index (χ1n) is 8.21. The van der Waals surface area contributed by atoms with Crippen LogP contribution in [0.4, 0.5) is 19.4 Å². The predicted molar refractivity (Wildman–Crippen MR) is 91.3 cm³/mol. The molecule has 1 aliphatic rings. The Hall–Kier alpha value is -2.70. The number of nitrogens with zero attached hydrogens (tertiary/aromatic N) is 3. The first-order valence-corrected chi connectivity index (χ1v) is 8.21. The highest BCUT2D eigenvalue weighted by molar-refractivity contribution is 5.75. The number of aromatic nitrogens is 1. The summed E-state index contributed by atoms with van der Waals surface area (Å²) < 4.78 is 26.3. The van der Waals surface area contributed by atoms with Crippen molar-refractivity contribution in [3.63, 3.8) is 0 Å². The number of halogens is 2. The summed E-state index contributed by atoms with van der Waals surface area (Å²) in [5.74, 6) is -0.909. The SMILES string of the molecule is CC(NC(=O)N1CCN(c2ccccn2)CC1)c1ccc(F)c(F)c1. The highest BCUT2D eigenvalue weighted by Crippen LogP contribution is 2.17. The van der Waals surface area contributed by atoms with Gasteiger partial charge in [0.15, 0.2) is 11.6 Å². The van der Waals surface area contributed by atoms with Crippen molar-refractivity contribution in [3.05, 3.63) is 59.8 Å². The van der Waals surface area contributed by atoms with Crippen molar-refractivity contribution in [2.45, 2.75) is 13.0 Å². The summed E-state index contributed by atoms with van der Waals surface area (Å²) in [5.41, 5.74) is 0.527. The molecule has 2 aromatic rings. The van der Waals surface area contributed by atoms with E-state index >= 15 is 0 Å². The van der Waals surface area contributed by atoms with Crippen LogP contribution in [0.25, 0.3) is 0 Å². The van der Waals surface area contributed by atoms with Gasteiger partial charge < -0.3 is 15.1 Å². The van der Waals surface area contributed by atoms with Gasteiger partial charge in [-0.2, -0.15) is 0 Å². The van der Waals surface area contributed by atoms with Crippen molar-refractivity contribution in [1.29, 1.82) is 0 Å². The van der Waals surface area contributed by atoms with E-state index in [4.69, 9.17) is 0 Å². The van der Waals surface area contributed by atoms with Gasteiger partial charge in [0.2, 0.25) is 0 Å². The molecule has 2 heterocycles. The molecular weight excluding hydrogens is 326 g/mol. The third-order valence-corrected chi connectivity index (χ3v) is 4.32. The van der Waals surface area contributed by atoms with Crippen LogP contribution in [0.1, 0.15) is 18.5 Å². The van der Waals surface area contributed by atoms with Gasteiger partial charge in [0.25, 0.3) is 0 Å². The van der Waals surface area contributed by atoms with Crippen molar-refractivity contribution >= 4 is 11.8 Å². The largest absolute Gasteiger partial charge is 0.353 e. The van der Waals surface area contributed by atoms with E-state index in [-0.39, 0.29) is 6.03 Å². The van der Waals surface area contributed by atoms with Crippen molar-refractivity contribution in [3.8, 4) is 0 Å². The average Bonchev–Trinajstić information content (AvgIpc) is 2.64. The molecule has 0 radical (unpaired) electrons. The van der Waals surface area contributed by atoms with Gasteiger partial charge in [-0.15, -0.1) is 0 Å². The Labute approximate surface area is 145 Å². The first kappa shape index (κ1) is 17.1. The van der Waals surface area contributed by atoms with E-state index in [2.05, 4.69) is 15.2 Å². The lowest BCUT2D eigenvalue weighted by Crippen LogP contribution is -2.52. The van der Waals surface area contributed by atoms with Gasteiger partial charge in [0.05, 0.1) is 6.04 Å². The van der Waals surface area contributed by atoms with Crippen LogP contribution in [0.2, 0.25) is 0 Å². The lowest BCUT2D eigenvalue weighted by molar-refractivity contribution is 0.191. The molecular formula is C18H20F2N4O. The fraction of sp³-hybridized carbons (Fsp3) is 0.333. The molecule has 132 valence electrons. The Bertz CT molecular complexity index is 733. The minimum absolute atomic E-state index is 0.210. The molecule has 1 atom stereocenters. The molecule has 7 heteroatoms. The Kier molecular flexibility index (Phi) is 5.11. The monoisotopic (exact) mass is 346 g/mol. The zero-order valence-corrected chi connectivity index (χ0v) is 14.0. The Balaban J connectivity index is 1.55. The molecule has 0 aliphatic carbocycles. The van der Waals surface area contributed by atoms with Gasteiger partial charge in [-0.1, -0.05) is 12.1 Å². The van der Waals surface area contributed by atoms with Crippen LogP contribution in [-0.2, 0) is 0 Å². The van der Waals surface area contributed by atoms with E-state index in [0.717, 1.165) is 18.0 Å². The van der Waals surface area contributed by atoms with Crippen molar-refractivity contribution in [2.24, 2.45) is 0 Å². The molecule has 1 N–H and O–H groups in total. The van der Waals surface area contributed by atoms with Crippen LogP contribution in [-0.4, -0.2) is 42.1 Å². The maximum atomic E-state index is 13.3. The number of urea groups is 1. The summed E-state index contributed by atoms with van der Waals surface area (Å²) >= 11 is 0. The number of hydrogen-bond donors (Lipinski definition) is 1. The van der Waals surface area contributed by atoms with E-state index in [1.807, 2.05) is 18.2 Å². The van der Waals surface area contributed by atoms with Gasteiger partial charge in [-0.05, 0) is 36.8 Å². The molecule has 1 aliphatic heterocycles. The standard InChI is InChI=1S/C18H20F2N4O/c1-13(14-5-6-15(19)16(20)12-14)22-18(25)24-10-8-23(9-11-24)17-4-2-3-7-21-17/h2-7,12-13H,8-11H2,1H3,(H,22,25). The lowest BCUT2D eigenvalue weighted by atomic mass is 10.1. The second kappa shape index (κ2) is 7.46. The second-order valence-electron chi connectivity index (χ2n) is 6.01. The van der Waals surface area contributed by atoms with E-state index < -0.39 is 17.7 Å². The number of benzene rings is 1. The Morgan fingerprint density at radius 2 is 1.88 bits per heavy atom. The average molecular weight is 346 g/mol. The van der Waals surface area contributed by atoms with E-state index in [0.29, 0.717) is 31.7 Å². The quantitative estimate of drug-likeness (QED) is 0.930. The minimum atomic E-state index is -0.914. The normalized spacial score (nSPS) is 15.8. The molecule has 5 nitrogen and oxygen atoms in total. The number of carbonyl (C=O) groups is 1. The zero-order valence-electron chi connectivity index (χ0n) is 14.0. The topological polar surface area (TPSA) is 48.5 Å². The van der Waals surface area contributed by atoms with Gasteiger partial charge in [-0.25, -0.2) is 18.6 Å². The lowest BCUT2D eigenvalue weighted by Gasteiger charge is -2.35. The fourth-order valence-corrected chi connectivity index (χ4v) is 2.82. The number of nitrogens with one attached hydrogen (secondary N) is 1. The Morgan fingerprint density at radius 3 is 2.52 bits per heavy atom. The molecule has 1 saturated heterocycles. The fourth-order valence-electron chi connectivity index (χ4n) is 2.82. The number of rotatable bonds is 3. The summed E-state index contributed by atoms with van der Waals surface area (Å²) in [6, 6.07) is 8.79. The van der Waals surface area contributed by atoms with Crippen LogP contribution < -0.4 is 10.2 Å². The molecule has 0 saturated carbocycles. The van der Waals surface area contributed by atoms with Crippen molar-refractivity contribution < 1.29 is 13.6 Å². The second-order valence-corrected chi connectivity index (χ2v) is 6.01. The molecule has 2 amide bonds. The smallest absolute Gasteiger partial charge is 0.317 e. The number of amides is 2. The van der Waals surface area contributed by atoms with Crippen LogP contribution in [0.15, 0.2) is 42.6 Å². The van der Waals surface area contributed by atoms with Crippen LogP contribution >= 0.6 is 0 Å². The van der Waals surface area contributed by atoms with Crippen molar-refractivity contribution in [1.82, 2.24) is 15.2 Å². The van der Waals surface area contributed by atoms with Crippen LogP contribution in [0.5, 0.6) is 0 Å². The van der Waals surface area contributed by atoms with E-state index in [1.165, 1.54) is 6.07 Å². The van der Waals surface area contributed by atoms with Gasteiger partial charge in [0, 0.05) is 32.4 Å². The highest BCUT2D eigenvalue weighted by Gasteiger charge is 2.23. The number of piperazine rings is 1. The van der Waals surface area contributed by atoms with E-state index in [1.54, 1.807) is 18.0 Å². The zero-order chi connectivity index (χ0) is 17.8. The third kappa shape index (κ3) is 4.04. The van der Waals surface area contributed by atoms with Gasteiger partial charge >= 0.3 is 6.03 Å². The van der Waals surface area contributed by atoms with Crippen molar-refractivity contribution in [2.75, 3.05) is 31.1 Å². The maximum absolute atomic E-state index is 13.3. The molecule has 1 unspecified atom stereocenters. The molecule has 1 aromatic carbocycles. The highest BCUT2D eigenvalue weighted by atomic mass is 19.2. The summed E-state index contributed by atoms with van der Waals surface area (Å²) in [5, 5.41) is 2.83. The predicted octanol–water partition coefficient (Wildman–Crippen LogP) is 2.95. The first-order chi connectivity index (χ1) is 12.0. The summed E-state index contributed by atoms with van der Waals surface area (Å²) in [7, 11) is 0. The summed E-state index contributed by atoms with van der Waals surface area (Å²) in [6.45, 7) is 4.29. The maximum Gasteiger partial charge on any atom is 0.317 e. The molecule has 1 aromatic heterocycles. The van der Waals surface area contributed by atoms with Gasteiger partial charge in [0.1, 0.15) is 5.82 Å². The Morgan fingerprint density at radius 1 is 1.12 bits per heavy atom. The molecule has 0 spiro atoms.